The number of hydrogen-bond acceptors (Lipinski definition) is 3. The molecular weight excluding hydrogens is 206 g/mol. The van der Waals surface area contributed by atoms with E-state index in [1.54, 1.807) is 12.5 Å². The predicted octanol–water partition coefficient (Wildman–Crippen LogP) is 1.12. The summed E-state index contributed by atoms with van der Waals surface area (Å²) >= 11 is 0. The maximum Gasteiger partial charge on any atom is 0.320 e. The lowest BCUT2D eigenvalue weighted by Crippen LogP contribution is -2.38. The van der Waals surface area contributed by atoms with Gasteiger partial charge in [-0.15, -0.1) is 0 Å². The average molecular weight is 225 g/mol. The summed E-state index contributed by atoms with van der Waals surface area (Å²) < 4.78 is 1.92. The third-order valence-corrected chi connectivity index (χ3v) is 2.46. The minimum Gasteiger partial charge on any atom is -0.480 e. The highest BCUT2D eigenvalue weighted by molar-refractivity contribution is 5.73. The van der Waals surface area contributed by atoms with Crippen LogP contribution < -0.4 is 5.32 Å². The smallest absolute Gasteiger partial charge is 0.320 e. The molecule has 0 aliphatic heterocycles. The van der Waals surface area contributed by atoms with Crippen molar-refractivity contribution >= 4 is 5.97 Å². The average Bonchev–Trinajstić information content (AvgIpc) is 2.75. The molecule has 0 aliphatic carbocycles. The van der Waals surface area contributed by atoms with Crippen molar-refractivity contribution < 1.29 is 9.90 Å². The third kappa shape index (κ3) is 4.44. The van der Waals surface area contributed by atoms with Gasteiger partial charge in [0.25, 0.3) is 0 Å². The van der Waals surface area contributed by atoms with Crippen LogP contribution in [0.3, 0.4) is 0 Å². The molecule has 0 radical (unpaired) electrons. The molecule has 0 aliphatic rings. The van der Waals surface area contributed by atoms with E-state index in [2.05, 4.69) is 17.2 Å². The van der Waals surface area contributed by atoms with E-state index in [0.29, 0.717) is 13.0 Å². The van der Waals surface area contributed by atoms with Crippen molar-refractivity contribution in [3.05, 3.63) is 18.7 Å². The van der Waals surface area contributed by atoms with Crippen molar-refractivity contribution in [3.8, 4) is 0 Å². The number of hydrogen-bond donors (Lipinski definition) is 2. The van der Waals surface area contributed by atoms with E-state index in [0.717, 1.165) is 19.4 Å². The number of nitrogens with zero attached hydrogens (tertiary/aromatic N) is 2. The van der Waals surface area contributed by atoms with Gasteiger partial charge in [-0.2, -0.15) is 0 Å². The molecule has 1 aromatic rings. The Morgan fingerprint density at radius 1 is 1.62 bits per heavy atom. The summed E-state index contributed by atoms with van der Waals surface area (Å²) in [6, 6.07) is -0.427. The molecule has 16 heavy (non-hydrogen) atoms. The van der Waals surface area contributed by atoms with Gasteiger partial charge in [-0.3, -0.25) is 4.79 Å². The standard InChI is InChI=1S/C11H19N3O2/c1-2-3-4-10(11(15)16)13-6-8-14-7-5-12-9-14/h5,7,9-10,13H,2-4,6,8H2,1H3,(H,15,16). The summed E-state index contributed by atoms with van der Waals surface area (Å²) in [6.07, 6.45) is 7.95. The maximum atomic E-state index is 10.9. The highest BCUT2D eigenvalue weighted by Crippen LogP contribution is 2.00. The van der Waals surface area contributed by atoms with Crippen LogP contribution in [0.5, 0.6) is 0 Å². The first-order chi connectivity index (χ1) is 7.74. The van der Waals surface area contributed by atoms with Gasteiger partial charge in [-0.1, -0.05) is 19.8 Å². The first kappa shape index (κ1) is 12.7. The number of imidazole rings is 1. The van der Waals surface area contributed by atoms with Crippen molar-refractivity contribution in [2.75, 3.05) is 6.54 Å². The Labute approximate surface area is 95.5 Å². The monoisotopic (exact) mass is 225 g/mol. The Kier molecular flexibility index (Phi) is 5.56. The molecule has 1 rings (SSSR count). The fourth-order valence-electron chi connectivity index (χ4n) is 1.51. The SMILES string of the molecule is CCCCC(NCCn1ccnc1)C(=O)O. The number of rotatable bonds is 8. The van der Waals surface area contributed by atoms with E-state index in [9.17, 15) is 4.79 Å². The molecule has 0 saturated heterocycles. The number of carbonyl (C=O) groups is 1. The molecule has 0 spiro atoms. The normalized spacial score (nSPS) is 12.6. The predicted molar refractivity (Wildman–Crippen MR) is 61.2 cm³/mol. The van der Waals surface area contributed by atoms with Gasteiger partial charge in [-0.25, -0.2) is 4.98 Å². The number of carboxylic acid groups (broad SMARTS) is 1. The zero-order valence-corrected chi connectivity index (χ0v) is 9.59. The maximum absolute atomic E-state index is 10.9. The lowest BCUT2D eigenvalue weighted by atomic mass is 10.1. The highest BCUT2D eigenvalue weighted by Gasteiger charge is 2.14. The number of aromatic nitrogens is 2. The molecule has 5 nitrogen and oxygen atoms in total. The van der Waals surface area contributed by atoms with Gasteiger partial charge in [0.2, 0.25) is 0 Å². The van der Waals surface area contributed by atoms with E-state index in [1.807, 2.05) is 10.8 Å². The van der Waals surface area contributed by atoms with E-state index in [4.69, 9.17) is 5.11 Å². The summed E-state index contributed by atoms with van der Waals surface area (Å²) in [5.74, 6) is -0.765. The largest absolute Gasteiger partial charge is 0.480 e. The molecule has 5 heteroatoms. The van der Waals surface area contributed by atoms with E-state index < -0.39 is 12.0 Å². The van der Waals surface area contributed by atoms with E-state index in [-0.39, 0.29) is 0 Å². The molecule has 1 unspecified atom stereocenters. The third-order valence-electron chi connectivity index (χ3n) is 2.46. The van der Waals surface area contributed by atoms with Crippen LogP contribution in [0.25, 0.3) is 0 Å². The molecule has 90 valence electrons. The quantitative estimate of drug-likeness (QED) is 0.695. The molecule has 1 aromatic heterocycles. The highest BCUT2D eigenvalue weighted by atomic mass is 16.4. The van der Waals surface area contributed by atoms with Gasteiger partial charge in [0.05, 0.1) is 6.33 Å². The summed E-state index contributed by atoms with van der Waals surface area (Å²) in [5.41, 5.74) is 0. The summed E-state index contributed by atoms with van der Waals surface area (Å²) in [5, 5.41) is 12.0. The zero-order valence-electron chi connectivity index (χ0n) is 9.59. The second-order valence-electron chi connectivity index (χ2n) is 3.79. The van der Waals surface area contributed by atoms with Crippen LogP contribution in [-0.2, 0) is 11.3 Å². The molecular formula is C11H19N3O2. The van der Waals surface area contributed by atoms with Crippen LogP contribution in [0, 0.1) is 0 Å². The van der Waals surface area contributed by atoms with Crippen molar-refractivity contribution in [3.63, 3.8) is 0 Å². The second kappa shape index (κ2) is 7.00. The van der Waals surface area contributed by atoms with Gasteiger partial charge in [0.15, 0.2) is 0 Å². The number of unbranched alkanes of at least 4 members (excludes halogenated alkanes) is 1. The van der Waals surface area contributed by atoms with Crippen LogP contribution in [0.15, 0.2) is 18.7 Å². The van der Waals surface area contributed by atoms with Crippen LogP contribution in [0.4, 0.5) is 0 Å². The summed E-state index contributed by atoms with van der Waals surface area (Å²) in [4.78, 5) is 14.8. The first-order valence-corrected chi connectivity index (χ1v) is 5.66. The Morgan fingerprint density at radius 2 is 2.44 bits per heavy atom. The fraction of sp³-hybridized carbons (Fsp3) is 0.636. The minimum absolute atomic E-state index is 0.427. The Morgan fingerprint density at radius 3 is 3.00 bits per heavy atom. The van der Waals surface area contributed by atoms with E-state index >= 15 is 0 Å². The number of nitrogens with one attached hydrogen (secondary N) is 1. The van der Waals surface area contributed by atoms with Crippen molar-refractivity contribution in [2.24, 2.45) is 0 Å². The topological polar surface area (TPSA) is 67.2 Å². The van der Waals surface area contributed by atoms with E-state index in [1.165, 1.54) is 0 Å². The lowest BCUT2D eigenvalue weighted by molar-refractivity contribution is -0.139. The van der Waals surface area contributed by atoms with Crippen LogP contribution >= 0.6 is 0 Å². The van der Waals surface area contributed by atoms with Crippen LogP contribution in [-0.4, -0.2) is 33.2 Å². The lowest BCUT2D eigenvalue weighted by Gasteiger charge is -2.13. The fourth-order valence-corrected chi connectivity index (χ4v) is 1.51. The Hall–Kier alpha value is -1.36. The summed E-state index contributed by atoms with van der Waals surface area (Å²) in [6.45, 7) is 3.46. The van der Waals surface area contributed by atoms with Gasteiger partial charge >= 0.3 is 5.97 Å². The molecule has 0 fully saturated rings. The second-order valence-corrected chi connectivity index (χ2v) is 3.79. The molecule has 2 N–H and O–H groups in total. The van der Waals surface area contributed by atoms with Crippen molar-refractivity contribution in [2.45, 2.75) is 38.8 Å². The van der Waals surface area contributed by atoms with Crippen molar-refractivity contribution in [1.82, 2.24) is 14.9 Å². The Bertz CT molecular complexity index is 298. The molecule has 0 aromatic carbocycles. The Balaban J connectivity index is 2.24. The van der Waals surface area contributed by atoms with Gasteiger partial charge in [0, 0.05) is 25.5 Å². The van der Waals surface area contributed by atoms with Crippen LogP contribution in [0.1, 0.15) is 26.2 Å². The number of carboxylic acids is 1. The first-order valence-electron chi connectivity index (χ1n) is 5.66. The molecule has 1 atom stereocenters. The molecule has 0 saturated carbocycles. The van der Waals surface area contributed by atoms with Crippen molar-refractivity contribution in [1.29, 1.82) is 0 Å². The molecule has 1 heterocycles. The minimum atomic E-state index is -0.765. The van der Waals surface area contributed by atoms with Crippen LogP contribution in [0.2, 0.25) is 0 Å². The van der Waals surface area contributed by atoms with Gasteiger partial charge in [-0.05, 0) is 6.42 Å². The van der Waals surface area contributed by atoms with Gasteiger partial charge < -0.3 is 15.0 Å². The molecule has 0 bridgehead atoms. The summed E-state index contributed by atoms with van der Waals surface area (Å²) in [7, 11) is 0. The molecule has 0 amide bonds. The zero-order chi connectivity index (χ0) is 11.8. The number of aliphatic carboxylic acids is 1. The van der Waals surface area contributed by atoms with Gasteiger partial charge in [0.1, 0.15) is 6.04 Å².